The third kappa shape index (κ3) is 7.49. The molecule has 0 aliphatic carbocycles. The van der Waals surface area contributed by atoms with Gasteiger partial charge in [-0.1, -0.05) is 111 Å². The summed E-state index contributed by atoms with van der Waals surface area (Å²) in [7, 11) is -0.960. The number of benzene rings is 3. The second kappa shape index (κ2) is 15.4. The molecule has 2 aromatic heterocycles. The number of nitrogens with zero attached hydrogens (tertiary/aromatic N) is 3. The fraction of sp³-hybridized carbons (Fsp3) is 0.419. The molecule has 3 aromatic carbocycles. The highest BCUT2D eigenvalue weighted by molar-refractivity contribution is 9.10. The summed E-state index contributed by atoms with van der Waals surface area (Å²) < 4.78 is 22.8. The maximum absolute atomic E-state index is 7.57. The van der Waals surface area contributed by atoms with Crippen LogP contribution in [0.2, 0.25) is 5.04 Å². The van der Waals surface area contributed by atoms with Crippen LogP contribution in [-0.4, -0.2) is 57.9 Å². The number of ether oxygens (including phenoxy) is 2. The van der Waals surface area contributed by atoms with Gasteiger partial charge in [-0.3, -0.25) is 4.98 Å². The van der Waals surface area contributed by atoms with Crippen LogP contribution < -0.4 is 15.3 Å². The van der Waals surface area contributed by atoms with Crippen LogP contribution in [0.25, 0.3) is 22.2 Å². The molecule has 6 rings (SSSR count). The monoisotopic (exact) mass is 767 g/mol. The lowest BCUT2D eigenvalue weighted by Crippen LogP contribution is -2.67. The van der Waals surface area contributed by atoms with E-state index in [0.29, 0.717) is 6.61 Å². The van der Waals surface area contributed by atoms with Gasteiger partial charge < -0.3 is 23.4 Å². The molecule has 270 valence electrons. The van der Waals surface area contributed by atoms with Gasteiger partial charge in [0.2, 0.25) is 0 Å². The van der Waals surface area contributed by atoms with E-state index >= 15 is 0 Å². The number of methoxy groups -OCH3 is 1. The van der Waals surface area contributed by atoms with Gasteiger partial charge >= 0.3 is 0 Å². The zero-order valence-corrected chi connectivity index (χ0v) is 34.2. The van der Waals surface area contributed by atoms with E-state index in [4.69, 9.17) is 18.9 Å². The molecule has 6 nitrogen and oxygen atoms in total. The summed E-state index contributed by atoms with van der Waals surface area (Å²) in [4.78, 5) is 7.50. The summed E-state index contributed by atoms with van der Waals surface area (Å²) in [5, 5.41) is 3.76. The second-order valence-electron chi connectivity index (χ2n) is 15.6. The van der Waals surface area contributed by atoms with E-state index < -0.39 is 8.32 Å². The SMILES string of the molecule is CCn1c(-c2cc(N3CCOCC3)cnc2[C@H](C)OC)c(CC(C)(C)CO[Si](c2ccccc2)(c2ccccc2)C(C)(C)C)c2cc(Br)ccc21. The van der Waals surface area contributed by atoms with Crippen molar-refractivity contribution in [2.75, 3.05) is 44.9 Å². The predicted octanol–water partition coefficient (Wildman–Crippen LogP) is 9.18. The molecule has 1 atom stereocenters. The van der Waals surface area contributed by atoms with Gasteiger partial charge in [0.15, 0.2) is 0 Å². The molecule has 1 aliphatic rings. The molecule has 0 amide bonds. The fourth-order valence-corrected chi connectivity index (χ4v) is 13.0. The van der Waals surface area contributed by atoms with Gasteiger partial charge in [-0.15, -0.1) is 0 Å². The molecule has 0 bridgehead atoms. The number of hydrogen-bond donors (Lipinski definition) is 0. The van der Waals surface area contributed by atoms with Crippen molar-refractivity contribution in [2.45, 2.75) is 72.6 Å². The summed E-state index contributed by atoms with van der Waals surface area (Å²) in [5.74, 6) is 0. The molecule has 0 unspecified atom stereocenters. The van der Waals surface area contributed by atoms with E-state index in [0.717, 1.165) is 60.7 Å². The Morgan fingerprint density at radius 3 is 2.10 bits per heavy atom. The first kappa shape index (κ1) is 37.5. The van der Waals surface area contributed by atoms with Crippen LogP contribution in [0.15, 0.2) is 95.6 Å². The molecule has 5 aromatic rings. The highest BCUT2D eigenvalue weighted by atomic mass is 79.9. The molecule has 3 heterocycles. The number of hydrogen-bond acceptors (Lipinski definition) is 5. The van der Waals surface area contributed by atoms with Crippen molar-refractivity contribution in [3.63, 3.8) is 0 Å². The Kier molecular flexibility index (Phi) is 11.3. The third-order valence-electron chi connectivity index (χ3n) is 10.5. The van der Waals surface area contributed by atoms with Gasteiger partial charge in [0.05, 0.1) is 42.6 Å². The number of anilines is 1. The van der Waals surface area contributed by atoms with Gasteiger partial charge in [-0.05, 0) is 70.9 Å². The standard InChI is InChI=1S/C43H54BrN3O3Si/c1-9-47-39-21-20-32(44)26-36(39)38(41(47)37-27-33(46-22-24-49-25-23-46)29-45-40(37)31(2)48-8)28-43(6,7)30-50-51(42(3,4)5,34-16-12-10-13-17-34)35-18-14-11-15-19-35/h10-21,26-27,29,31H,9,22-25,28,30H2,1-8H3/t31-/m0/s1. The van der Waals surface area contributed by atoms with Crippen LogP contribution in [0.1, 0.15) is 65.8 Å². The number of morpholine rings is 1. The van der Waals surface area contributed by atoms with Crippen LogP contribution in [0.4, 0.5) is 5.69 Å². The van der Waals surface area contributed by atoms with E-state index in [1.54, 1.807) is 7.11 Å². The van der Waals surface area contributed by atoms with Crippen molar-refractivity contribution in [1.82, 2.24) is 9.55 Å². The van der Waals surface area contributed by atoms with Crippen molar-refractivity contribution in [1.29, 1.82) is 0 Å². The van der Waals surface area contributed by atoms with E-state index in [1.165, 1.54) is 32.5 Å². The van der Waals surface area contributed by atoms with Crippen LogP contribution in [0, 0.1) is 5.41 Å². The summed E-state index contributed by atoms with van der Waals surface area (Å²) in [6.45, 7) is 20.7. The van der Waals surface area contributed by atoms with Gasteiger partial charge in [0.1, 0.15) is 0 Å². The van der Waals surface area contributed by atoms with E-state index in [-0.39, 0.29) is 16.6 Å². The minimum absolute atomic E-state index is 0.100. The number of aromatic nitrogens is 2. The lowest BCUT2D eigenvalue weighted by atomic mass is 9.84. The minimum atomic E-state index is -2.73. The molecule has 0 saturated carbocycles. The van der Waals surface area contributed by atoms with Gasteiger partial charge in [0.25, 0.3) is 8.32 Å². The van der Waals surface area contributed by atoms with E-state index in [9.17, 15) is 0 Å². The van der Waals surface area contributed by atoms with Gasteiger partial charge in [-0.2, -0.15) is 0 Å². The Hall–Kier alpha value is -3.27. The Morgan fingerprint density at radius 2 is 1.53 bits per heavy atom. The first-order valence-electron chi connectivity index (χ1n) is 18.3. The fourth-order valence-electron chi connectivity index (χ4n) is 7.89. The number of halogens is 1. The maximum Gasteiger partial charge on any atom is 0.261 e. The van der Waals surface area contributed by atoms with Gasteiger partial charge in [0, 0.05) is 54.3 Å². The summed E-state index contributed by atoms with van der Waals surface area (Å²) >= 11 is 3.82. The zero-order chi connectivity index (χ0) is 36.4. The maximum atomic E-state index is 7.57. The number of rotatable bonds is 12. The lowest BCUT2D eigenvalue weighted by Gasteiger charge is -2.44. The molecule has 0 N–H and O–H groups in total. The van der Waals surface area contributed by atoms with Crippen molar-refractivity contribution >= 4 is 51.2 Å². The first-order chi connectivity index (χ1) is 24.4. The highest BCUT2D eigenvalue weighted by Gasteiger charge is 2.51. The van der Waals surface area contributed by atoms with E-state index in [1.807, 2.05) is 6.20 Å². The first-order valence-corrected chi connectivity index (χ1v) is 21.0. The quantitative estimate of drug-likeness (QED) is 0.119. The van der Waals surface area contributed by atoms with Crippen molar-refractivity contribution in [3.8, 4) is 11.3 Å². The molecule has 51 heavy (non-hydrogen) atoms. The zero-order valence-electron chi connectivity index (χ0n) is 31.6. The molecule has 0 spiro atoms. The van der Waals surface area contributed by atoms with Gasteiger partial charge in [-0.25, -0.2) is 0 Å². The van der Waals surface area contributed by atoms with Crippen LogP contribution in [-0.2, 0) is 26.9 Å². The molecule has 1 aliphatic heterocycles. The Labute approximate surface area is 314 Å². The lowest BCUT2D eigenvalue weighted by molar-refractivity contribution is 0.116. The van der Waals surface area contributed by atoms with Crippen LogP contribution >= 0.6 is 15.9 Å². The third-order valence-corrected chi connectivity index (χ3v) is 15.9. The van der Waals surface area contributed by atoms with Crippen molar-refractivity contribution in [2.24, 2.45) is 5.41 Å². The van der Waals surface area contributed by atoms with Crippen molar-refractivity contribution < 1.29 is 13.9 Å². The normalized spacial score (nSPS) is 15.0. The predicted molar refractivity (Wildman–Crippen MR) is 218 cm³/mol. The van der Waals surface area contributed by atoms with Crippen molar-refractivity contribution in [3.05, 3.63) is 107 Å². The topological polar surface area (TPSA) is 48.8 Å². The second-order valence-corrected chi connectivity index (χ2v) is 20.9. The number of aryl methyl sites for hydroxylation is 1. The summed E-state index contributed by atoms with van der Waals surface area (Å²) in [6.07, 6.45) is 2.66. The number of fused-ring (bicyclic) bond motifs is 1. The average Bonchev–Trinajstić information content (AvgIpc) is 3.43. The van der Waals surface area contributed by atoms with E-state index in [2.05, 4.69) is 159 Å². The molecule has 1 saturated heterocycles. The Bertz CT molecular complexity index is 1890. The highest BCUT2D eigenvalue weighted by Crippen LogP contribution is 2.43. The summed E-state index contributed by atoms with van der Waals surface area (Å²) in [5.41, 5.74) is 6.74. The molecule has 1 fully saturated rings. The minimum Gasteiger partial charge on any atom is -0.407 e. The Balaban J connectivity index is 1.49. The molecule has 8 heteroatoms. The van der Waals surface area contributed by atoms with Crippen LogP contribution in [0.5, 0.6) is 0 Å². The number of pyridine rings is 1. The molecular weight excluding hydrogens is 714 g/mol. The summed E-state index contributed by atoms with van der Waals surface area (Å²) in [6, 6.07) is 30.9. The van der Waals surface area contributed by atoms with Crippen LogP contribution in [0.3, 0.4) is 0 Å². The molecular formula is C43H54BrN3O3Si. The smallest absolute Gasteiger partial charge is 0.261 e. The largest absolute Gasteiger partial charge is 0.407 e. The Morgan fingerprint density at radius 1 is 0.902 bits per heavy atom. The average molecular weight is 769 g/mol. The molecule has 0 radical (unpaired) electrons.